The number of fused-ring (bicyclic) bond motifs is 1. The Labute approximate surface area is 199 Å². The molecule has 1 amide bonds. The average molecular weight is 489 g/mol. The van der Waals surface area contributed by atoms with Crippen molar-refractivity contribution >= 4 is 22.8 Å². The maximum atomic E-state index is 13.8. The lowest BCUT2D eigenvalue weighted by molar-refractivity contribution is -0.137. The predicted octanol–water partition coefficient (Wildman–Crippen LogP) is 3.40. The molecule has 2 fully saturated rings. The molecular weight excluding hydrogens is 461 g/mol. The number of aliphatic hydroxyl groups is 1. The highest BCUT2D eigenvalue weighted by atomic mass is 19.4. The van der Waals surface area contributed by atoms with E-state index in [1.807, 2.05) is 0 Å². The summed E-state index contributed by atoms with van der Waals surface area (Å²) >= 11 is 0. The van der Waals surface area contributed by atoms with Crippen molar-refractivity contribution < 1.29 is 23.1 Å². The summed E-state index contributed by atoms with van der Waals surface area (Å²) in [6.45, 7) is 3.98. The van der Waals surface area contributed by atoms with Crippen LogP contribution in [0.1, 0.15) is 42.1 Å². The van der Waals surface area contributed by atoms with Crippen molar-refractivity contribution in [1.29, 1.82) is 0 Å². The maximum Gasteiger partial charge on any atom is 0.419 e. The summed E-state index contributed by atoms with van der Waals surface area (Å²) in [5, 5.41) is 17.1. The van der Waals surface area contributed by atoms with Crippen molar-refractivity contribution in [1.82, 2.24) is 25.2 Å². The van der Waals surface area contributed by atoms with Gasteiger partial charge in [0, 0.05) is 60.1 Å². The number of carbonyl (C=O) groups excluding carboxylic acids is 1. The Morgan fingerprint density at radius 3 is 2.86 bits per heavy atom. The van der Waals surface area contributed by atoms with Crippen molar-refractivity contribution in [3.8, 4) is 11.3 Å². The first-order valence-corrected chi connectivity index (χ1v) is 11.7. The minimum absolute atomic E-state index is 0.0382. The van der Waals surface area contributed by atoms with E-state index in [1.165, 1.54) is 6.20 Å². The number of H-pyrrole nitrogens is 1. The number of hydrogen-bond acceptors (Lipinski definition) is 6. The number of nitrogens with one attached hydrogen (secondary N) is 3. The number of rotatable bonds is 4. The molecule has 2 aliphatic rings. The van der Waals surface area contributed by atoms with Gasteiger partial charge in [-0.1, -0.05) is 6.07 Å². The fourth-order valence-electron chi connectivity index (χ4n) is 4.78. The average Bonchev–Trinajstić information content (AvgIpc) is 3.41. The van der Waals surface area contributed by atoms with Gasteiger partial charge in [-0.05, 0) is 44.9 Å². The highest BCUT2D eigenvalue weighted by Crippen LogP contribution is 2.39. The van der Waals surface area contributed by atoms with Gasteiger partial charge >= 0.3 is 6.18 Å². The van der Waals surface area contributed by atoms with Crippen LogP contribution in [0.15, 0.2) is 30.6 Å². The third-order valence-electron chi connectivity index (χ3n) is 6.65. The molecule has 3 aromatic rings. The lowest BCUT2D eigenvalue weighted by atomic mass is 10.0. The molecule has 4 N–H and O–H groups in total. The van der Waals surface area contributed by atoms with E-state index in [1.54, 1.807) is 30.0 Å². The van der Waals surface area contributed by atoms with Gasteiger partial charge in [-0.25, -0.2) is 9.97 Å². The lowest BCUT2D eigenvalue weighted by Crippen LogP contribution is -2.38. The van der Waals surface area contributed by atoms with Crippen LogP contribution in [-0.2, 0) is 6.18 Å². The van der Waals surface area contributed by atoms with Gasteiger partial charge in [-0.2, -0.15) is 13.2 Å². The lowest BCUT2D eigenvalue weighted by Gasteiger charge is -2.24. The molecule has 0 spiro atoms. The molecule has 0 radical (unpaired) electrons. The van der Waals surface area contributed by atoms with Gasteiger partial charge < -0.3 is 25.6 Å². The zero-order valence-corrected chi connectivity index (χ0v) is 19.2. The van der Waals surface area contributed by atoms with E-state index in [0.717, 1.165) is 25.6 Å². The van der Waals surface area contributed by atoms with E-state index in [9.17, 15) is 23.1 Å². The minimum Gasteiger partial charge on any atom is -0.388 e. The van der Waals surface area contributed by atoms with E-state index in [-0.39, 0.29) is 35.7 Å². The van der Waals surface area contributed by atoms with Crippen molar-refractivity contribution in [2.75, 3.05) is 31.5 Å². The summed E-state index contributed by atoms with van der Waals surface area (Å²) in [6.07, 6.45) is -0.00595. The van der Waals surface area contributed by atoms with Gasteiger partial charge in [0.2, 0.25) is 5.95 Å². The Morgan fingerprint density at radius 2 is 2.17 bits per heavy atom. The van der Waals surface area contributed by atoms with Gasteiger partial charge in [0.25, 0.3) is 5.91 Å². The SMILES string of the molecule is CC1(O)CCN(C(=O)c2ccc3c(-c4nc(N[C@H]5CCCNC5)ncc4C(F)(F)F)c[nH]c3c2)C1. The molecule has 0 bridgehead atoms. The van der Waals surface area contributed by atoms with Crippen LogP contribution in [-0.4, -0.2) is 68.7 Å². The van der Waals surface area contributed by atoms with Crippen molar-refractivity contribution in [3.63, 3.8) is 0 Å². The molecule has 8 nitrogen and oxygen atoms in total. The fourth-order valence-corrected chi connectivity index (χ4v) is 4.78. The normalized spacial score (nSPS) is 23.1. The Balaban J connectivity index is 1.49. The van der Waals surface area contributed by atoms with Crippen LogP contribution in [0.25, 0.3) is 22.2 Å². The van der Waals surface area contributed by atoms with Gasteiger partial charge in [0.15, 0.2) is 0 Å². The summed E-state index contributed by atoms with van der Waals surface area (Å²) in [6, 6.07) is 4.88. The first kappa shape index (κ1) is 23.6. The summed E-state index contributed by atoms with van der Waals surface area (Å²) in [5.74, 6) is -0.0876. The number of β-amino-alcohol motifs (C(OH)–C–C–N with tert-alkyl or cyclic N) is 1. The Kier molecular flexibility index (Phi) is 5.92. The first-order valence-electron chi connectivity index (χ1n) is 11.7. The molecule has 1 unspecified atom stereocenters. The van der Waals surface area contributed by atoms with E-state index < -0.39 is 17.3 Å². The maximum absolute atomic E-state index is 13.8. The van der Waals surface area contributed by atoms with Gasteiger partial charge in [0.05, 0.1) is 11.3 Å². The number of aromatic nitrogens is 3. The second kappa shape index (κ2) is 8.80. The number of aromatic amines is 1. The monoisotopic (exact) mass is 488 g/mol. The summed E-state index contributed by atoms with van der Waals surface area (Å²) in [7, 11) is 0. The molecule has 11 heteroatoms. The van der Waals surface area contributed by atoms with Crippen molar-refractivity contribution in [2.45, 2.75) is 44.0 Å². The van der Waals surface area contributed by atoms with Crippen molar-refractivity contribution in [3.05, 3.63) is 41.7 Å². The summed E-state index contributed by atoms with van der Waals surface area (Å²) in [4.78, 5) is 25.7. The molecule has 186 valence electrons. The molecule has 5 rings (SSSR count). The molecule has 35 heavy (non-hydrogen) atoms. The number of amides is 1. The number of anilines is 1. The number of benzene rings is 1. The molecular formula is C24H27F3N6O2. The topological polar surface area (TPSA) is 106 Å². The quantitative estimate of drug-likeness (QED) is 0.449. The van der Waals surface area contributed by atoms with Gasteiger partial charge in [0.1, 0.15) is 5.56 Å². The molecule has 2 atom stereocenters. The van der Waals surface area contributed by atoms with E-state index >= 15 is 0 Å². The van der Waals surface area contributed by atoms with Crippen molar-refractivity contribution in [2.24, 2.45) is 0 Å². The third kappa shape index (κ3) is 4.83. The number of likely N-dealkylation sites (tertiary alicyclic amines) is 1. The van der Waals surface area contributed by atoms with E-state index in [2.05, 4.69) is 25.6 Å². The minimum atomic E-state index is -4.63. The Hall–Kier alpha value is -3.18. The number of nitrogens with zero attached hydrogens (tertiary/aromatic N) is 3. The number of alkyl halides is 3. The number of hydrogen-bond donors (Lipinski definition) is 4. The Morgan fingerprint density at radius 1 is 1.34 bits per heavy atom. The van der Waals surface area contributed by atoms with Crippen LogP contribution < -0.4 is 10.6 Å². The molecule has 0 aliphatic carbocycles. The molecule has 0 saturated carbocycles. The standard InChI is InChI=1S/C24H27F3N6O2/c1-23(35)6-8-33(13-23)21(34)14-4-5-16-17(11-29-19(16)9-14)20-18(24(25,26)27)12-30-22(32-20)31-15-3-2-7-28-10-15/h4-5,9,11-12,15,28-29,35H,2-3,6-8,10,13H2,1H3,(H,30,31,32)/t15-,23?/m0/s1. The van der Waals surface area contributed by atoms with Crippen LogP contribution in [0.2, 0.25) is 0 Å². The number of carbonyl (C=O) groups is 1. The van der Waals surface area contributed by atoms with Crippen LogP contribution in [0, 0.1) is 0 Å². The molecule has 2 aliphatic heterocycles. The smallest absolute Gasteiger partial charge is 0.388 e. The highest BCUT2D eigenvalue weighted by Gasteiger charge is 2.37. The second-order valence-corrected chi connectivity index (χ2v) is 9.58. The van der Waals surface area contributed by atoms with E-state index in [4.69, 9.17) is 0 Å². The van der Waals surface area contributed by atoms with Crippen LogP contribution in [0.4, 0.5) is 19.1 Å². The zero-order valence-electron chi connectivity index (χ0n) is 19.2. The number of halogens is 3. The van der Waals surface area contributed by atoms with Crippen LogP contribution in [0.3, 0.4) is 0 Å². The van der Waals surface area contributed by atoms with Gasteiger partial charge in [-0.3, -0.25) is 4.79 Å². The highest BCUT2D eigenvalue weighted by molar-refractivity contribution is 6.02. The van der Waals surface area contributed by atoms with Gasteiger partial charge in [-0.15, -0.1) is 0 Å². The predicted molar refractivity (Wildman–Crippen MR) is 125 cm³/mol. The van der Waals surface area contributed by atoms with Crippen LogP contribution in [0.5, 0.6) is 0 Å². The Bertz CT molecular complexity index is 1250. The fraction of sp³-hybridized carbons (Fsp3) is 0.458. The second-order valence-electron chi connectivity index (χ2n) is 9.58. The summed E-state index contributed by atoms with van der Waals surface area (Å²) < 4.78 is 41.5. The zero-order chi connectivity index (χ0) is 24.8. The largest absolute Gasteiger partial charge is 0.419 e. The first-order chi connectivity index (χ1) is 16.6. The van der Waals surface area contributed by atoms with E-state index in [0.29, 0.717) is 36.0 Å². The molecule has 1 aromatic carbocycles. The molecule has 2 aromatic heterocycles. The summed E-state index contributed by atoms with van der Waals surface area (Å²) in [5.41, 5.74) is -0.865. The molecule has 2 saturated heterocycles. The van der Waals surface area contributed by atoms with Crippen LogP contribution >= 0.6 is 0 Å². The number of piperidine rings is 1. The third-order valence-corrected chi connectivity index (χ3v) is 6.65. The molecule has 4 heterocycles.